The summed E-state index contributed by atoms with van der Waals surface area (Å²) in [6.07, 6.45) is 0.130. The Balaban J connectivity index is 1.52. The van der Waals surface area contributed by atoms with Crippen molar-refractivity contribution in [1.29, 1.82) is 0 Å². The van der Waals surface area contributed by atoms with Gasteiger partial charge in [0.25, 0.3) is 0 Å². The van der Waals surface area contributed by atoms with Gasteiger partial charge in [-0.25, -0.2) is 4.39 Å². The molecule has 0 saturated heterocycles. The van der Waals surface area contributed by atoms with E-state index in [0.717, 1.165) is 11.3 Å². The molecular formula is C20H21FN2O3. The van der Waals surface area contributed by atoms with Gasteiger partial charge in [0.1, 0.15) is 17.7 Å². The van der Waals surface area contributed by atoms with Crippen molar-refractivity contribution in [2.45, 2.75) is 32.4 Å². The largest absolute Gasteiger partial charge is 0.487 e. The molecule has 0 saturated carbocycles. The number of nitrogens with zero attached hydrogens (tertiary/aromatic N) is 1. The second-order valence-electron chi connectivity index (χ2n) is 6.30. The zero-order valence-electron chi connectivity index (χ0n) is 14.6. The van der Waals surface area contributed by atoms with E-state index in [2.05, 4.69) is 5.32 Å². The molecule has 2 aromatic rings. The van der Waals surface area contributed by atoms with Crippen molar-refractivity contribution in [2.75, 3.05) is 11.4 Å². The van der Waals surface area contributed by atoms with Gasteiger partial charge in [-0.15, -0.1) is 0 Å². The van der Waals surface area contributed by atoms with Crippen LogP contribution in [0.25, 0.3) is 0 Å². The fraction of sp³-hybridized carbons (Fsp3) is 0.300. The van der Waals surface area contributed by atoms with Crippen LogP contribution in [0.5, 0.6) is 5.75 Å². The highest BCUT2D eigenvalue weighted by molar-refractivity contribution is 5.97. The molecule has 5 nitrogen and oxygen atoms in total. The highest BCUT2D eigenvalue weighted by atomic mass is 19.1. The molecule has 6 heteroatoms. The number of carbonyl (C=O) groups excluding carboxylic acids is 2. The van der Waals surface area contributed by atoms with Gasteiger partial charge < -0.3 is 15.0 Å². The minimum absolute atomic E-state index is 0.0962. The van der Waals surface area contributed by atoms with Crippen LogP contribution in [0.4, 0.5) is 10.1 Å². The second-order valence-corrected chi connectivity index (χ2v) is 6.30. The zero-order chi connectivity index (χ0) is 18.5. The van der Waals surface area contributed by atoms with Crippen LogP contribution in [0.2, 0.25) is 0 Å². The Labute approximate surface area is 151 Å². The SMILES string of the molecule is CC1CN(C(=O)CCC(=O)NCc2ccc(F)cc2)c2ccccc2O1. The molecule has 136 valence electrons. The molecule has 1 unspecified atom stereocenters. The number of fused-ring (bicyclic) bond motifs is 1. The first kappa shape index (κ1) is 17.9. The minimum Gasteiger partial charge on any atom is -0.487 e. The van der Waals surface area contributed by atoms with Crippen molar-refractivity contribution in [1.82, 2.24) is 5.32 Å². The number of nitrogens with one attached hydrogen (secondary N) is 1. The molecule has 1 aliphatic rings. The number of rotatable bonds is 5. The van der Waals surface area contributed by atoms with Crippen LogP contribution in [-0.2, 0) is 16.1 Å². The molecular weight excluding hydrogens is 335 g/mol. The topological polar surface area (TPSA) is 58.6 Å². The lowest BCUT2D eigenvalue weighted by Gasteiger charge is -2.33. The Morgan fingerprint density at radius 1 is 1.15 bits per heavy atom. The maximum absolute atomic E-state index is 12.9. The van der Waals surface area contributed by atoms with E-state index in [9.17, 15) is 14.0 Å². The molecule has 0 fully saturated rings. The highest BCUT2D eigenvalue weighted by Crippen LogP contribution is 2.33. The van der Waals surface area contributed by atoms with Gasteiger partial charge >= 0.3 is 0 Å². The van der Waals surface area contributed by atoms with Gasteiger partial charge in [0.15, 0.2) is 0 Å². The summed E-state index contributed by atoms with van der Waals surface area (Å²) in [6.45, 7) is 2.68. The molecule has 0 aromatic heterocycles. The van der Waals surface area contributed by atoms with Crippen molar-refractivity contribution < 1.29 is 18.7 Å². The molecule has 2 amide bonds. The van der Waals surface area contributed by atoms with Gasteiger partial charge in [0, 0.05) is 19.4 Å². The van der Waals surface area contributed by atoms with Gasteiger partial charge in [-0.3, -0.25) is 9.59 Å². The van der Waals surface area contributed by atoms with E-state index >= 15 is 0 Å². The van der Waals surface area contributed by atoms with Gasteiger partial charge in [0.05, 0.1) is 12.2 Å². The second kappa shape index (κ2) is 7.99. The van der Waals surface area contributed by atoms with E-state index in [4.69, 9.17) is 4.74 Å². The van der Waals surface area contributed by atoms with Gasteiger partial charge in [-0.05, 0) is 36.8 Å². The van der Waals surface area contributed by atoms with Crippen LogP contribution in [0.1, 0.15) is 25.3 Å². The third kappa shape index (κ3) is 4.39. The van der Waals surface area contributed by atoms with Crippen molar-refractivity contribution in [3.8, 4) is 5.75 Å². The quantitative estimate of drug-likeness (QED) is 0.896. The average molecular weight is 356 g/mol. The lowest BCUT2D eigenvalue weighted by molar-refractivity contribution is -0.125. The van der Waals surface area contributed by atoms with Crippen LogP contribution in [-0.4, -0.2) is 24.5 Å². The Hall–Kier alpha value is -2.89. The molecule has 0 radical (unpaired) electrons. The maximum Gasteiger partial charge on any atom is 0.227 e. The lowest BCUT2D eigenvalue weighted by Crippen LogP contribution is -2.42. The zero-order valence-corrected chi connectivity index (χ0v) is 14.6. The van der Waals surface area contributed by atoms with Gasteiger partial charge in [0.2, 0.25) is 11.8 Å². The molecule has 0 aliphatic carbocycles. The molecule has 1 atom stereocenters. The predicted molar refractivity (Wildman–Crippen MR) is 96.4 cm³/mol. The predicted octanol–water partition coefficient (Wildman–Crippen LogP) is 3.04. The molecule has 1 aliphatic heterocycles. The summed E-state index contributed by atoms with van der Waals surface area (Å²) >= 11 is 0. The van der Waals surface area contributed by atoms with Crippen LogP contribution in [0, 0.1) is 5.82 Å². The van der Waals surface area contributed by atoms with Crippen LogP contribution >= 0.6 is 0 Å². The number of benzene rings is 2. The maximum atomic E-state index is 12.9. The number of hydrogen-bond donors (Lipinski definition) is 1. The normalized spacial score (nSPS) is 15.8. The Morgan fingerprint density at radius 2 is 1.88 bits per heavy atom. The summed E-state index contributed by atoms with van der Waals surface area (Å²) < 4.78 is 18.6. The van der Waals surface area contributed by atoms with Crippen LogP contribution in [0.3, 0.4) is 0 Å². The summed E-state index contributed by atoms with van der Waals surface area (Å²) in [7, 11) is 0. The first-order valence-electron chi connectivity index (χ1n) is 8.60. The van der Waals surface area contributed by atoms with Crippen LogP contribution in [0.15, 0.2) is 48.5 Å². The van der Waals surface area contributed by atoms with E-state index in [0.29, 0.717) is 18.8 Å². The summed E-state index contributed by atoms with van der Waals surface area (Å²) in [5.41, 5.74) is 1.55. The molecule has 1 heterocycles. The fourth-order valence-corrected chi connectivity index (χ4v) is 2.87. The summed E-state index contributed by atoms with van der Waals surface area (Å²) in [4.78, 5) is 26.2. The van der Waals surface area contributed by atoms with Crippen molar-refractivity contribution >= 4 is 17.5 Å². The molecule has 0 spiro atoms. The smallest absolute Gasteiger partial charge is 0.227 e. The third-order valence-corrected chi connectivity index (χ3v) is 4.19. The number of amides is 2. The van der Waals surface area contributed by atoms with Crippen LogP contribution < -0.4 is 15.0 Å². The monoisotopic (exact) mass is 356 g/mol. The van der Waals surface area contributed by atoms with Crippen molar-refractivity contribution in [2.24, 2.45) is 0 Å². The number of para-hydroxylation sites is 2. The Kier molecular flexibility index (Phi) is 5.51. The van der Waals surface area contributed by atoms with Gasteiger partial charge in [-0.1, -0.05) is 24.3 Å². The Morgan fingerprint density at radius 3 is 2.65 bits per heavy atom. The summed E-state index contributed by atoms with van der Waals surface area (Å²) in [5, 5.41) is 2.75. The number of halogens is 1. The fourth-order valence-electron chi connectivity index (χ4n) is 2.87. The molecule has 3 rings (SSSR count). The number of hydrogen-bond acceptors (Lipinski definition) is 3. The molecule has 2 aromatic carbocycles. The van der Waals surface area contributed by atoms with Crippen molar-refractivity contribution in [3.63, 3.8) is 0 Å². The lowest BCUT2D eigenvalue weighted by atomic mass is 10.1. The molecule has 26 heavy (non-hydrogen) atoms. The molecule has 0 bridgehead atoms. The standard InChI is InChI=1S/C20H21FN2O3/c1-14-13-23(17-4-2-3-5-18(17)26-14)20(25)11-10-19(24)22-12-15-6-8-16(21)9-7-15/h2-9,14H,10-13H2,1H3,(H,22,24). The highest BCUT2D eigenvalue weighted by Gasteiger charge is 2.27. The van der Waals surface area contributed by atoms with E-state index in [1.54, 1.807) is 17.0 Å². The number of anilines is 1. The van der Waals surface area contributed by atoms with E-state index < -0.39 is 0 Å². The first-order valence-corrected chi connectivity index (χ1v) is 8.60. The van der Waals surface area contributed by atoms with Crippen molar-refractivity contribution in [3.05, 3.63) is 59.9 Å². The van der Waals surface area contributed by atoms with E-state index in [1.807, 2.05) is 31.2 Å². The minimum atomic E-state index is -0.314. The first-order chi connectivity index (χ1) is 12.5. The summed E-state index contributed by atoms with van der Waals surface area (Å²) in [6, 6.07) is 13.3. The third-order valence-electron chi connectivity index (χ3n) is 4.19. The van der Waals surface area contributed by atoms with E-state index in [-0.39, 0.29) is 36.6 Å². The average Bonchev–Trinajstić information content (AvgIpc) is 2.65. The Bertz CT molecular complexity index is 792. The van der Waals surface area contributed by atoms with E-state index in [1.165, 1.54) is 12.1 Å². The molecule has 1 N–H and O–H groups in total. The number of ether oxygens (including phenoxy) is 1. The number of carbonyl (C=O) groups is 2. The van der Waals surface area contributed by atoms with Gasteiger partial charge in [-0.2, -0.15) is 0 Å². The summed E-state index contributed by atoms with van der Waals surface area (Å²) in [5.74, 6) is 0.0489.